The van der Waals surface area contributed by atoms with Gasteiger partial charge in [0.15, 0.2) is 11.6 Å². The van der Waals surface area contributed by atoms with Gasteiger partial charge in [-0.3, -0.25) is 4.98 Å². The van der Waals surface area contributed by atoms with E-state index in [9.17, 15) is 17.2 Å². The number of piperazine rings is 1. The van der Waals surface area contributed by atoms with Crippen LogP contribution in [0.2, 0.25) is 0 Å². The Morgan fingerprint density at radius 1 is 0.903 bits per heavy atom. The second-order valence-corrected chi connectivity index (χ2v) is 9.03. The summed E-state index contributed by atoms with van der Waals surface area (Å²) in [5.41, 5.74) is 0.928. The maximum absolute atomic E-state index is 13.4. The van der Waals surface area contributed by atoms with Crippen LogP contribution in [-0.2, 0) is 15.8 Å². The highest BCUT2D eigenvalue weighted by Crippen LogP contribution is 2.20. The number of rotatable bonds is 6. The molecular formula is C20H20F2N6O2S. The molecule has 2 aromatic heterocycles. The van der Waals surface area contributed by atoms with Crippen molar-refractivity contribution < 1.29 is 17.2 Å². The lowest BCUT2D eigenvalue weighted by molar-refractivity contribution is 0.383. The Labute approximate surface area is 178 Å². The zero-order valence-corrected chi connectivity index (χ0v) is 17.3. The molecule has 1 aliphatic heterocycles. The van der Waals surface area contributed by atoms with Gasteiger partial charge in [-0.15, -0.1) is 10.2 Å². The van der Waals surface area contributed by atoms with Crippen molar-refractivity contribution in [2.45, 2.75) is 5.75 Å². The Bertz CT molecular complexity index is 1120. The minimum absolute atomic E-state index is 0.0862. The summed E-state index contributed by atoms with van der Waals surface area (Å²) in [6.07, 6.45) is 3.34. The van der Waals surface area contributed by atoms with Gasteiger partial charge in [0.05, 0.1) is 5.75 Å². The zero-order chi connectivity index (χ0) is 21.8. The molecule has 31 heavy (non-hydrogen) atoms. The SMILES string of the molecule is O=S(=O)(Cc1cc(F)cc(F)c1)N1CCN(c2ccc(Nc3ccncc3)nn2)CC1. The summed E-state index contributed by atoms with van der Waals surface area (Å²) in [5, 5.41) is 11.5. The lowest BCUT2D eigenvalue weighted by Crippen LogP contribution is -2.49. The van der Waals surface area contributed by atoms with Gasteiger partial charge in [0, 0.05) is 50.3 Å². The summed E-state index contributed by atoms with van der Waals surface area (Å²) in [5.74, 6) is -0.814. The predicted molar refractivity (Wildman–Crippen MR) is 112 cm³/mol. The van der Waals surface area contributed by atoms with E-state index in [-0.39, 0.29) is 18.7 Å². The molecule has 1 aromatic carbocycles. The lowest BCUT2D eigenvalue weighted by Gasteiger charge is -2.34. The quantitative estimate of drug-likeness (QED) is 0.622. The van der Waals surface area contributed by atoms with Crippen LogP contribution in [0.25, 0.3) is 0 Å². The molecule has 3 heterocycles. The van der Waals surface area contributed by atoms with Gasteiger partial charge in [0.25, 0.3) is 0 Å². The molecule has 0 bridgehead atoms. The summed E-state index contributed by atoms with van der Waals surface area (Å²) >= 11 is 0. The highest BCUT2D eigenvalue weighted by molar-refractivity contribution is 7.88. The number of sulfonamides is 1. The summed E-state index contributed by atoms with van der Waals surface area (Å²) in [7, 11) is -3.69. The van der Waals surface area contributed by atoms with Gasteiger partial charge in [-0.2, -0.15) is 4.31 Å². The van der Waals surface area contributed by atoms with E-state index in [2.05, 4.69) is 20.5 Å². The van der Waals surface area contributed by atoms with E-state index >= 15 is 0 Å². The molecular weight excluding hydrogens is 426 g/mol. The molecule has 0 radical (unpaired) electrons. The molecule has 1 fully saturated rings. The van der Waals surface area contributed by atoms with Gasteiger partial charge in [-0.05, 0) is 42.0 Å². The monoisotopic (exact) mass is 446 g/mol. The summed E-state index contributed by atoms with van der Waals surface area (Å²) in [6, 6.07) is 10.0. The first-order valence-electron chi connectivity index (χ1n) is 9.57. The number of nitrogens with zero attached hydrogens (tertiary/aromatic N) is 5. The highest BCUT2D eigenvalue weighted by atomic mass is 32.2. The molecule has 4 rings (SSSR count). The average molecular weight is 446 g/mol. The van der Waals surface area contributed by atoms with Crippen LogP contribution in [0.1, 0.15) is 5.56 Å². The van der Waals surface area contributed by atoms with E-state index in [0.717, 1.165) is 17.8 Å². The third-order valence-electron chi connectivity index (χ3n) is 4.83. The van der Waals surface area contributed by atoms with Gasteiger partial charge in [-0.25, -0.2) is 17.2 Å². The fourth-order valence-corrected chi connectivity index (χ4v) is 4.83. The van der Waals surface area contributed by atoms with Crippen molar-refractivity contribution in [1.82, 2.24) is 19.5 Å². The van der Waals surface area contributed by atoms with Crippen LogP contribution in [-0.4, -0.2) is 54.1 Å². The van der Waals surface area contributed by atoms with Crippen molar-refractivity contribution in [2.24, 2.45) is 0 Å². The maximum Gasteiger partial charge on any atom is 0.218 e. The largest absolute Gasteiger partial charge is 0.352 e. The van der Waals surface area contributed by atoms with Gasteiger partial charge in [0.2, 0.25) is 10.0 Å². The minimum Gasteiger partial charge on any atom is -0.352 e. The number of hydrogen-bond donors (Lipinski definition) is 1. The van der Waals surface area contributed by atoms with Gasteiger partial charge >= 0.3 is 0 Å². The third-order valence-corrected chi connectivity index (χ3v) is 6.68. The van der Waals surface area contributed by atoms with Crippen LogP contribution in [0, 0.1) is 11.6 Å². The standard InChI is InChI=1S/C20H20F2N6O2S/c21-16-11-15(12-17(22)13-16)14-31(29,30)28-9-7-27(8-10-28)20-2-1-19(25-26-20)24-18-3-5-23-6-4-18/h1-6,11-13H,7-10,14H2,(H,23,24,25). The number of pyridine rings is 1. The van der Waals surface area contributed by atoms with Gasteiger partial charge in [-0.1, -0.05) is 0 Å². The first-order valence-corrected chi connectivity index (χ1v) is 11.2. The first kappa shape index (κ1) is 21.1. The van der Waals surface area contributed by atoms with Crippen LogP contribution < -0.4 is 10.2 Å². The number of aromatic nitrogens is 3. The third kappa shape index (κ3) is 5.30. The van der Waals surface area contributed by atoms with Crippen molar-refractivity contribution in [2.75, 3.05) is 36.4 Å². The van der Waals surface area contributed by atoms with Crippen molar-refractivity contribution in [3.05, 3.63) is 72.1 Å². The molecule has 0 unspecified atom stereocenters. The number of halogens is 2. The second-order valence-electron chi connectivity index (χ2n) is 7.06. The smallest absolute Gasteiger partial charge is 0.218 e. The van der Waals surface area contributed by atoms with Crippen LogP contribution in [0.5, 0.6) is 0 Å². The first-order chi connectivity index (χ1) is 14.9. The molecule has 0 atom stereocenters. The molecule has 162 valence electrons. The Morgan fingerprint density at radius 2 is 1.58 bits per heavy atom. The van der Waals surface area contributed by atoms with Crippen molar-refractivity contribution in [1.29, 1.82) is 0 Å². The van der Waals surface area contributed by atoms with Gasteiger partial charge in [0.1, 0.15) is 11.6 Å². The van der Waals surface area contributed by atoms with E-state index in [1.54, 1.807) is 18.5 Å². The number of benzene rings is 1. The number of nitrogens with one attached hydrogen (secondary N) is 1. The normalized spacial score (nSPS) is 15.1. The minimum atomic E-state index is -3.69. The van der Waals surface area contributed by atoms with Crippen LogP contribution in [0.3, 0.4) is 0 Å². The summed E-state index contributed by atoms with van der Waals surface area (Å²) in [4.78, 5) is 5.90. The highest BCUT2D eigenvalue weighted by Gasteiger charge is 2.28. The molecule has 11 heteroatoms. The molecule has 1 N–H and O–H groups in total. The molecule has 1 saturated heterocycles. The Hall–Kier alpha value is -3.18. The lowest BCUT2D eigenvalue weighted by atomic mass is 10.2. The second kappa shape index (κ2) is 8.90. The molecule has 8 nitrogen and oxygen atoms in total. The number of hydrogen-bond acceptors (Lipinski definition) is 7. The van der Waals surface area contributed by atoms with Gasteiger partial charge < -0.3 is 10.2 Å². The molecule has 0 amide bonds. The average Bonchev–Trinajstić information content (AvgIpc) is 2.74. The summed E-state index contributed by atoms with van der Waals surface area (Å²) in [6.45, 7) is 1.36. The van der Waals surface area contributed by atoms with Crippen LogP contribution in [0.15, 0.2) is 54.9 Å². The van der Waals surface area contributed by atoms with E-state index in [4.69, 9.17) is 0 Å². The maximum atomic E-state index is 13.4. The Morgan fingerprint density at radius 3 is 2.19 bits per heavy atom. The van der Waals surface area contributed by atoms with Crippen molar-refractivity contribution in [3.63, 3.8) is 0 Å². The zero-order valence-electron chi connectivity index (χ0n) is 16.4. The Balaban J connectivity index is 1.35. The van der Waals surface area contributed by atoms with Crippen molar-refractivity contribution in [3.8, 4) is 0 Å². The molecule has 0 saturated carbocycles. The molecule has 0 spiro atoms. The Kier molecular flexibility index (Phi) is 6.05. The van der Waals surface area contributed by atoms with Crippen LogP contribution in [0.4, 0.5) is 26.1 Å². The van der Waals surface area contributed by atoms with E-state index in [1.165, 1.54) is 4.31 Å². The van der Waals surface area contributed by atoms with E-state index < -0.39 is 27.4 Å². The fraction of sp³-hybridized carbons (Fsp3) is 0.250. The van der Waals surface area contributed by atoms with Crippen molar-refractivity contribution >= 4 is 27.3 Å². The summed E-state index contributed by atoms with van der Waals surface area (Å²) < 4.78 is 53.4. The molecule has 1 aliphatic rings. The fourth-order valence-electron chi connectivity index (χ4n) is 3.34. The predicted octanol–water partition coefficient (Wildman–Crippen LogP) is 2.55. The van der Waals surface area contributed by atoms with Crippen LogP contribution >= 0.6 is 0 Å². The van der Waals surface area contributed by atoms with E-state index in [0.29, 0.717) is 30.8 Å². The molecule has 3 aromatic rings. The number of anilines is 3. The molecule has 0 aliphatic carbocycles. The topological polar surface area (TPSA) is 91.3 Å². The van der Waals surface area contributed by atoms with E-state index in [1.807, 2.05) is 23.1 Å².